The molecule has 4 bridgehead atoms. The van der Waals surface area contributed by atoms with E-state index in [0.717, 1.165) is 117 Å². The van der Waals surface area contributed by atoms with Crippen molar-refractivity contribution in [3.8, 4) is 11.1 Å². The van der Waals surface area contributed by atoms with E-state index in [-0.39, 0.29) is 41.4 Å². The van der Waals surface area contributed by atoms with E-state index < -0.39 is 45.8 Å². The Labute approximate surface area is 400 Å². The lowest BCUT2D eigenvalue weighted by atomic mass is 9.55. The van der Waals surface area contributed by atoms with Gasteiger partial charge in [-0.2, -0.15) is 0 Å². The summed E-state index contributed by atoms with van der Waals surface area (Å²) in [5.41, 5.74) is 3.81. The maximum absolute atomic E-state index is 15.2. The van der Waals surface area contributed by atoms with E-state index in [2.05, 4.69) is 51.3 Å². The van der Waals surface area contributed by atoms with Crippen molar-refractivity contribution in [2.24, 2.45) is 10.8 Å². The van der Waals surface area contributed by atoms with E-state index in [0.29, 0.717) is 47.4 Å². The summed E-state index contributed by atoms with van der Waals surface area (Å²) in [6.45, 7) is 3.87. The number of likely N-dealkylation sites (tertiary alicyclic amines) is 1. The van der Waals surface area contributed by atoms with Crippen LogP contribution in [0.15, 0.2) is 54.6 Å². The number of carbonyl (C=O) groups excluding carboxylic acids is 6. The van der Waals surface area contributed by atoms with Crippen molar-refractivity contribution in [1.29, 1.82) is 0 Å². The Morgan fingerprint density at radius 2 is 1.55 bits per heavy atom. The minimum absolute atomic E-state index is 0.0822. The van der Waals surface area contributed by atoms with E-state index in [1.165, 1.54) is 0 Å². The first-order chi connectivity index (χ1) is 32.2. The van der Waals surface area contributed by atoms with Gasteiger partial charge in [0.05, 0.1) is 11.1 Å². The molecule has 0 radical (unpaired) electrons. The molecule has 2 spiro atoms. The summed E-state index contributed by atoms with van der Waals surface area (Å²) in [6, 6.07) is 14.1. The molecule has 3 saturated heterocycles. The second-order valence-corrected chi connectivity index (χ2v) is 22.5. The van der Waals surface area contributed by atoms with Crippen LogP contribution in [0.25, 0.3) is 17.2 Å². The molecule has 0 aromatic heterocycles. The van der Waals surface area contributed by atoms with Crippen molar-refractivity contribution in [3.63, 3.8) is 0 Å². The third-order valence-electron chi connectivity index (χ3n) is 18.3. The molecular weight excluding hydrogens is 888 g/mol. The fraction of sp³-hybridized carbons (Fsp3) is 0.509. The summed E-state index contributed by atoms with van der Waals surface area (Å²) >= 11 is 14.0. The SMILES string of the molecule is CC1(/C=C\c2cccc3c2CN(C2CCC(=O)NC2=O)C3=O)CCN(C(=O)C23CCC(NC(=O)[C@@H]4NC5(CCCCC5)[C@]56C(=O)Nc7cc(Cl)c(cc75)-c5c(Cl)cccc5[C@@H]46)(CC2)CC3)CC1. The Balaban J connectivity index is 0.734. The molecule has 348 valence electrons. The number of halogens is 2. The number of rotatable bonds is 6. The highest BCUT2D eigenvalue weighted by Gasteiger charge is 2.73. The van der Waals surface area contributed by atoms with E-state index >= 15 is 4.79 Å². The highest BCUT2D eigenvalue weighted by molar-refractivity contribution is 6.37. The summed E-state index contributed by atoms with van der Waals surface area (Å²) in [7, 11) is 0. The Kier molecular flexibility index (Phi) is 9.83. The third-order valence-corrected chi connectivity index (χ3v) is 19.0. The average molecular weight is 944 g/mol. The Morgan fingerprint density at radius 1 is 0.821 bits per heavy atom. The van der Waals surface area contributed by atoms with Crippen LogP contribution in [0.1, 0.15) is 142 Å². The number of carbonyl (C=O) groups is 6. The normalized spacial score (nSPS) is 31.9. The number of hydrogen-bond acceptors (Lipinski definition) is 7. The number of benzene rings is 3. The molecule has 4 saturated carbocycles. The number of fused-ring (bicyclic) bond motifs is 8. The van der Waals surface area contributed by atoms with E-state index in [1.54, 1.807) is 11.0 Å². The smallest absolute Gasteiger partial charge is 0.255 e. The molecule has 5 aliphatic carbocycles. The molecule has 3 aromatic carbocycles. The zero-order chi connectivity index (χ0) is 46.3. The molecule has 67 heavy (non-hydrogen) atoms. The monoisotopic (exact) mass is 942 g/mol. The molecule has 7 fully saturated rings. The van der Waals surface area contributed by atoms with Gasteiger partial charge in [0.15, 0.2) is 0 Å². The highest BCUT2D eigenvalue weighted by Crippen LogP contribution is 2.66. The minimum atomic E-state index is -1.03. The molecule has 10 aliphatic rings. The van der Waals surface area contributed by atoms with E-state index in [1.807, 2.05) is 36.4 Å². The van der Waals surface area contributed by atoms with Crippen molar-refractivity contribution < 1.29 is 28.8 Å². The van der Waals surface area contributed by atoms with Crippen LogP contribution >= 0.6 is 23.2 Å². The number of amides is 6. The molecule has 1 unspecified atom stereocenters. The van der Waals surface area contributed by atoms with Gasteiger partial charge in [-0.1, -0.05) is 85.8 Å². The summed E-state index contributed by atoms with van der Waals surface area (Å²) in [5.74, 6) is -1.37. The number of anilines is 1. The van der Waals surface area contributed by atoms with Crippen LogP contribution in [-0.2, 0) is 35.9 Å². The minimum Gasteiger partial charge on any atom is -0.349 e. The molecule has 4 N–H and O–H groups in total. The molecule has 3 aromatic rings. The van der Waals surface area contributed by atoms with Gasteiger partial charge in [-0.05, 0) is 123 Å². The first-order valence-corrected chi connectivity index (χ1v) is 25.2. The molecular formula is C53H56Cl2N6O6. The Hall–Kier alpha value is -5.04. The van der Waals surface area contributed by atoms with Crippen molar-refractivity contribution in [2.45, 2.75) is 144 Å². The number of hydrogen-bond donors (Lipinski definition) is 4. The topological polar surface area (TPSA) is 157 Å². The average Bonchev–Trinajstić information content (AvgIpc) is 3.89. The molecule has 6 amide bonds. The van der Waals surface area contributed by atoms with E-state index in [9.17, 15) is 24.0 Å². The van der Waals surface area contributed by atoms with Gasteiger partial charge in [-0.3, -0.25) is 39.4 Å². The summed E-state index contributed by atoms with van der Waals surface area (Å²) in [4.78, 5) is 86.2. The summed E-state index contributed by atoms with van der Waals surface area (Å²) in [6.07, 6.45) is 15.4. The van der Waals surface area contributed by atoms with Crippen molar-refractivity contribution in [3.05, 3.63) is 92.5 Å². The van der Waals surface area contributed by atoms with Gasteiger partial charge in [-0.25, -0.2) is 0 Å². The molecule has 5 heterocycles. The maximum Gasteiger partial charge on any atom is 0.255 e. The summed E-state index contributed by atoms with van der Waals surface area (Å²) < 4.78 is 0. The van der Waals surface area contributed by atoms with Crippen molar-refractivity contribution in [1.82, 2.24) is 25.8 Å². The zero-order valence-electron chi connectivity index (χ0n) is 37.8. The number of imide groups is 1. The maximum atomic E-state index is 15.2. The lowest BCUT2D eigenvalue weighted by Crippen LogP contribution is -2.63. The number of nitrogens with zero attached hydrogens (tertiary/aromatic N) is 2. The van der Waals surface area contributed by atoms with Gasteiger partial charge in [0.25, 0.3) is 5.91 Å². The predicted octanol–water partition coefficient (Wildman–Crippen LogP) is 7.93. The van der Waals surface area contributed by atoms with Gasteiger partial charge < -0.3 is 20.4 Å². The van der Waals surface area contributed by atoms with Gasteiger partial charge in [0, 0.05) is 75.9 Å². The van der Waals surface area contributed by atoms with Gasteiger partial charge >= 0.3 is 0 Å². The molecule has 12 nitrogen and oxygen atoms in total. The third kappa shape index (κ3) is 6.26. The van der Waals surface area contributed by atoms with Crippen LogP contribution in [0.2, 0.25) is 10.0 Å². The first kappa shape index (κ1) is 43.3. The zero-order valence-corrected chi connectivity index (χ0v) is 39.3. The number of nitrogens with one attached hydrogen (secondary N) is 4. The second kappa shape index (κ2) is 15.2. The highest BCUT2D eigenvalue weighted by atomic mass is 35.5. The lowest BCUT2D eigenvalue weighted by Gasteiger charge is -2.54. The van der Waals surface area contributed by atoms with Crippen LogP contribution < -0.4 is 21.3 Å². The largest absolute Gasteiger partial charge is 0.349 e. The van der Waals surface area contributed by atoms with Crippen LogP contribution in [0.5, 0.6) is 0 Å². The van der Waals surface area contributed by atoms with Gasteiger partial charge in [0.2, 0.25) is 29.5 Å². The van der Waals surface area contributed by atoms with Crippen LogP contribution in [0, 0.1) is 10.8 Å². The second-order valence-electron chi connectivity index (χ2n) is 21.7. The standard InChI is InChI=1S/C53H56Cl2N6O6/c1-49(16-13-30-7-5-8-31-34(30)29-61(46(31)65)39-11-12-40(62)57-44(39)63)23-25-60(26-24-49)48(67)50-17-20-51(21-18-50,22-19-50)59-45(64)43-42-32-9-6-10-36(54)41(32)33-27-35-38(28-37(33)55)56-47(66)53(35,42)52(58-43)14-3-2-4-15-52/h5-10,13,16,27-28,39,42-43,58H,2-4,11-12,14-15,17-26,29H2,1H3,(H,56,66)(H,59,64)(H,57,62,63)/b16-13-/t39?,42-,43+,50?,51?,53+/m0/s1. The fourth-order valence-corrected chi connectivity index (χ4v) is 15.1. The fourth-order valence-electron chi connectivity index (χ4n) is 14.6. The molecule has 13 rings (SSSR count). The summed E-state index contributed by atoms with van der Waals surface area (Å²) in [5, 5.41) is 14.2. The van der Waals surface area contributed by atoms with Crippen LogP contribution in [-0.4, -0.2) is 81.5 Å². The number of allylic oxidation sites excluding steroid dienone is 1. The molecule has 14 heteroatoms. The van der Waals surface area contributed by atoms with Crippen molar-refractivity contribution in [2.75, 3.05) is 18.4 Å². The molecule has 5 aliphatic heterocycles. The lowest BCUT2D eigenvalue weighted by molar-refractivity contribution is -0.152. The van der Waals surface area contributed by atoms with Gasteiger partial charge in [0.1, 0.15) is 11.5 Å². The van der Waals surface area contributed by atoms with Crippen LogP contribution in [0.4, 0.5) is 5.69 Å². The van der Waals surface area contributed by atoms with E-state index in [4.69, 9.17) is 23.2 Å². The van der Waals surface area contributed by atoms with Crippen molar-refractivity contribution >= 4 is 70.4 Å². The number of piperidine rings is 2. The quantitative estimate of drug-likeness (QED) is 0.183. The van der Waals surface area contributed by atoms with Crippen LogP contribution in [0.3, 0.4) is 0 Å². The predicted molar refractivity (Wildman–Crippen MR) is 254 cm³/mol. The Bertz CT molecular complexity index is 2730. The first-order valence-electron chi connectivity index (χ1n) is 24.5. The Morgan fingerprint density at radius 3 is 2.28 bits per heavy atom. The van der Waals surface area contributed by atoms with Gasteiger partial charge in [-0.15, -0.1) is 0 Å². The molecule has 4 atom stereocenters.